The van der Waals surface area contributed by atoms with E-state index in [1.165, 1.54) is 0 Å². The maximum atomic E-state index is 12.1. The van der Waals surface area contributed by atoms with Gasteiger partial charge >= 0.3 is 12.1 Å². The summed E-state index contributed by atoms with van der Waals surface area (Å²) in [6, 6.07) is 4.90. The van der Waals surface area contributed by atoms with Gasteiger partial charge in [-0.15, -0.1) is 0 Å². The molecule has 2 N–H and O–H groups in total. The van der Waals surface area contributed by atoms with Gasteiger partial charge in [-0.2, -0.15) is 18.3 Å². The standard InChI is InChI=1S/C9H5BrF3N3O/c10-4-1-2-6-5(3-4)7(16-15-6)14-8(17)9(11,12)13/h1-3H,(H2,14,15,16,17). The Balaban J connectivity index is 2.37. The van der Waals surface area contributed by atoms with Gasteiger partial charge in [0.1, 0.15) is 0 Å². The van der Waals surface area contributed by atoms with Crippen molar-refractivity contribution in [3.05, 3.63) is 22.7 Å². The van der Waals surface area contributed by atoms with Crippen molar-refractivity contribution in [3.63, 3.8) is 0 Å². The first-order valence-electron chi connectivity index (χ1n) is 4.40. The molecule has 1 aromatic carbocycles. The molecular weight excluding hydrogens is 303 g/mol. The predicted molar refractivity (Wildman–Crippen MR) is 58.5 cm³/mol. The topological polar surface area (TPSA) is 57.8 Å². The first-order chi connectivity index (χ1) is 7.88. The van der Waals surface area contributed by atoms with Crippen molar-refractivity contribution in [2.75, 3.05) is 5.32 Å². The largest absolute Gasteiger partial charge is 0.471 e. The quantitative estimate of drug-likeness (QED) is 0.851. The Bertz CT molecular complexity index is 578. The maximum absolute atomic E-state index is 12.1. The van der Waals surface area contributed by atoms with E-state index >= 15 is 0 Å². The van der Waals surface area contributed by atoms with Crippen LogP contribution in [0.1, 0.15) is 0 Å². The summed E-state index contributed by atoms with van der Waals surface area (Å²) < 4.78 is 36.9. The monoisotopic (exact) mass is 307 g/mol. The average Bonchev–Trinajstić information content (AvgIpc) is 2.60. The Hall–Kier alpha value is -1.57. The molecule has 1 heterocycles. The van der Waals surface area contributed by atoms with E-state index in [4.69, 9.17) is 0 Å². The number of rotatable bonds is 1. The molecule has 0 aliphatic heterocycles. The Morgan fingerprint density at radius 2 is 2.12 bits per heavy atom. The van der Waals surface area contributed by atoms with E-state index in [1.54, 1.807) is 23.5 Å². The molecule has 90 valence electrons. The SMILES string of the molecule is O=C(Nc1n[nH]c2ccc(Br)cc12)C(F)(F)F. The van der Waals surface area contributed by atoms with Crippen LogP contribution in [0.3, 0.4) is 0 Å². The number of anilines is 1. The van der Waals surface area contributed by atoms with Crippen LogP contribution in [0.4, 0.5) is 19.0 Å². The third kappa shape index (κ3) is 2.41. The molecule has 0 aliphatic carbocycles. The van der Waals surface area contributed by atoms with Gasteiger partial charge in [0.05, 0.1) is 5.52 Å². The summed E-state index contributed by atoms with van der Waals surface area (Å²) in [6.45, 7) is 0. The van der Waals surface area contributed by atoms with E-state index in [0.29, 0.717) is 15.4 Å². The minimum Gasteiger partial charge on any atom is -0.301 e. The number of carbonyl (C=O) groups excluding carboxylic acids is 1. The second-order valence-electron chi connectivity index (χ2n) is 3.21. The lowest BCUT2D eigenvalue weighted by Crippen LogP contribution is -2.30. The number of fused-ring (bicyclic) bond motifs is 1. The highest BCUT2D eigenvalue weighted by Gasteiger charge is 2.39. The summed E-state index contributed by atoms with van der Waals surface area (Å²) in [6.07, 6.45) is -4.93. The van der Waals surface area contributed by atoms with Gasteiger partial charge in [-0.1, -0.05) is 15.9 Å². The first kappa shape index (κ1) is 11.9. The van der Waals surface area contributed by atoms with Crippen LogP contribution in [0.5, 0.6) is 0 Å². The van der Waals surface area contributed by atoms with E-state index in [-0.39, 0.29) is 5.82 Å². The Kier molecular flexibility index (Phi) is 2.82. The number of amides is 1. The number of aromatic nitrogens is 2. The van der Waals surface area contributed by atoms with Crippen LogP contribution < -0.4 is 5.32 Å². The number of aromatic amines is 1. The summed E-state index contributed by atoms with van der Waals surface area (Å²) in [4.78, 5) is 10.8. The molecule has 0 saturated heterocycles. The van der Waals surface area contributed by atoms with Crippen molar-refractivity contribution >= 4 is 38.6 Å². The summed E-state index contributed by atoms with van der Waals surface area (Å²) in [7, 11) is 0. The van der Waals surface area contributed by atoms with Crippen molar-refractivity contribution in [1.82, 2.24) is 10.2 Å². The number of carbonyl (C=O) groups is 1. The molecule has 0 atom stereocenters. The molecule has 4 nitrogen and oxygen atoms in total. The summed E-state index contributed by atoms with van der Waals surface area (Å²) in [5.41, 5.74) is 0.533. The summed E-state index contributed by atoms with van der Waals surface area (Å²) >= 11 is 3.18. The van der Waals surface area contributed by atoms with Crippen LogP contribution in [-0.4, -0.2) is 22.3 Å². The van der Waals surface area contributed by atoms with Crippen molar-refractivity contribution in [2.45, 2.75) is 6.18 Å². The number of hydrogen-bond acceptors (Lipinski definition) is 2. The van der Waals surface area contributed by atoms with E-state index in [0.717, 1.165) is 0 Å². The summed E-state index contributed by atoms with van der Waals surface area (Å²) in [5.74, 6) is -2.20. The molecule has 17 heavy (non-hydrogen) atoms. The average molecular weight is 308 g/mol. The second kappa shape index (κ2) is 4.02. The van der Waals surface area contributed by atoms with Gasteiger partial charge in [-0.05, 0) is 18.2 Å². The fraction of sp³-hybridized carbons (Fsp3) is 0.111. The molecule has 0 saturated carbocycles. The third-order valence-corrected chi connectivity index (χ3v) is 2.51. The fourth-order valence-corrected chi connectivity index (χ4v) is 1.62. The third-order valence-electron chi connectivity index (χ3n) is 2.01. The number of hydrogen-bond donors (Lipinski definition) is 2. The smallest absolute Gasteiger partial charge is 0.301 e. The van der Waals surface area contributed by atoms with Gasteiger partial charge in [0.25, 0.3) is 0 Å². The van der Waals surface area contributed by atoms with Gasteiger partial charge in [0, 0.05) is 9.86 Å². The van der Waals surface area contributed by atoms with Crippen LogP contribution in [0.15, 0.2) is 22.7 Å². The summed E-state index contributed by atoms with van der Waals surface area (Å²) in [5, 5.41) is 8.24. The highest BCUT2D eigenvalue weighted by atomic mass is 79.9. The number of nitrogens with one attached hydrogen (secondary N) is 2. The van der Waals surface area contributed by atoms with Gasteiger partial charge in [-0.3, -0.25) is 9.89 Å². The Morgan fingerprint density at radius 1 is 1.41 bits per heavy atom. The highest BCUT2D eigenvalue weighted by Crippen LogP contribution is 2.25. The molecule has 0 unspecified atom stereocenters. The number of alkyl halides is 3. The molecule has 1 amide bonds. The van der Waals surface area contributed by atoms with Crippen LogP contribution in [0, 0.1) is 0 Å². The van der Waals surface area contributed by atoms with Gasteiger partial charge in [0.2, 0.25) is 0 Å². The van der Waals surface area contributed by atoms with Crippen LogP contribution >= 0.6 is 15.9 Å². The first-order valence-corrected chi connectivity index (χ1v) is 5.19. The predicted octanol–water partition coefficient (Wildman–Crippen LogP) is 2.83. The Morgan fingerprint density at radius 3 is 2.76 bits per heavy atom. The number of H-pyrrole nitrogens is 1. The maximum Gasteiger partial charge on any atom is 0.471 e. The number of halogens is 4. The van der Waals surface area contributed by atoms with Gasteiger partial charge < -0.3 is 5.32 Å². The van der Waals surface area contributed by atoms with E-state index in [1.807, 2.05) is 0 Å². The molecule has 1 aromatic heterocycles. The van der Waals surface area contributed by atoms with Gasteiger partial charge in [-0.25, -0.2) is 0 Å². The van der Waals surface area contributed by atoms with E-state index in [9.17, 15) is 18.0 Å². The van der Waals surface area contributed by atoms with E-state index in [2.05, 4.69) is 26.1 Å². The zero-order valence-corrected chi connectivity index (χ0v) is 9.69. The molecule has 0 aliphatic rings. The molecule has 0 radical (unpaired) electrons. The molecule has 8 heteroatoms. The van der Waals surface area contributed by atoms with Crippen LogP contribution in [0.2, 0.25) is 0 Å². The number of benzene rings is 1. The zero-order valence-electron chi connectivity index (χ0n) is 8.10. The lowest BCUT2D eigenvalue weighted by Gasteiger charge is -2.05. The molecule has 0 spiro atoms. The van der Waals surface area contributed by atoms with E-state index < -0.39 is 12.1 Å². The highest BCUT2D eigenvalue weighted by molar-refractivity contribution is 9.10. The molecule has 2 aromatic rings. The van der Waals surface area contributed by atoms with Crippen molar-refractivity contribution in [3.8, 4) is 0 Å². The fourth-order valence-electron chi connectivity index (χ4n) is 1.26. The minimum atomic E-state index is -4.93. The minimum absolute atomic E-state index is 0.149. The Labute approximate surface area is 101 Å². The van der Waals surface area contributed by atoms with Crippen molar-refractivity contribution < 1.29 is 18.0 Å². The molecule has 0 bridgehead atoms. The van der Waals surface area contributed by atoms with Crippen LogP contribution in [-0.2, 0) is 4.79 Å². The second-order valence-corrected chi connectivity index (χ2v) is 4.13. The lowest BCUT2D eigenvalue weighted by atomic mass is 10.2. The number of nitrogens with zero attached hydrogens (tertiary/aromatic N) is 1. The van der Waals surface area contributed by atoms with Gasteiger partial charge in [0.15, 0.2) is 5.82 Å². The molecule has 2 rings (SSSR count). The molecule has 0 fully saturated rings. The normalized spacial score (nSPS) is 11.8. The van der Waals surface area contributed by atoms with Crippen molar-refractivity contribution in [1.29, 1.82) is 0 Å². The lowest BCUT2D eigenvalue weighted by molar-refractivity contribution is -0.167. The molecular formula is C9H5BrF3N3O. The van der Waals surface area contributed by atoms with Crippen molar-refractivity contribution in [2.24, 2.45) is 0 Å². The van der Waals surface area contributed by atoms with Crippen LogP contribution in [0.25, 0.3) is 10.9 Å². The zero-order chi connectivity index (χ0) is 12.6.